The number of alkyl halides is 3. The number of hydrogen-bond donors (Lipinski definition) is 0. The normalized spacial score (nSPS) is 23.4. The van der Waals surface area contributed by atoms with Gasteiger partial charge in [-0.3, -0.25) is 4.57 Å². The molecule has 0 bridgehead atoms. The number of benzene rings is 1. The van der Waals surface area contributed by atoms with Crippen LogP contribution in [0.3, 0.4) is 0 Å². The van der Waals surface area contributed by atoms with E-state index < -0.39 is 34.1 Å². The molecule has 4 heterocycles. The zero-order valence-electron chi connectivity index (χ0n) is 21.8. The number of nitrogens with zero attached hydrogens (tertiary/aromatic N) is 4. The summed E-state index contributed by atoms with van der Waals surface area (Å²) in [5.74, 6) is 0.635. The Morgan fingerprint density at radius 2 is 1.89 bits per heavy atom. The van der Waals surface area contributed by atoms with Gasteiger partial charge in [-0.15, -0.1) is 11.8 Å². The van der Waals surface area contributed by atoms with E-state index in [-0.39, 0.29) is 53.2 Å². The second-order valence-corrected chi connectivity index (χ2v) is 12.9. The fourth-order valence-electron chi connectivity index (χ4n) is 5.24. The fraction of sp³-hybridized carbons (Fsp3) is 0.640. The highest BCUT2D eigenvalue weighted by atomic mass is 35.5. The summed E-state index contributed by atoms with van der Waals surface area (Å²) in [4.78, 5) is 34.2. The molecule has 2 fully saturated rings. The first-order valence-electron chi connectivity index (χ1n) is 12.4. The number of ether oxygens (including phenoxy) is 2. The minimum atomic E-state index is -4.70. The van der Waals surface area contributed by atoms with Gasteiger partial charge in [0.2, 0.25) is 0 Å². The highest BCUT2D eigenvalue weighted by Crippen LogP contribution is 2.49. The van der Waals surface area contributed by atoms with Crippen LogP contribution in [0.4, 0.5) is 23.8 Å². The predicted octanol–water partition coefficient (Wildman–Crippen LogP) is 5.03. The third-order valence-corrected chi connectivity index (χ3v) is 9.11. The molecule has 2 aromatic rings. The summed E-state index contributed by atoms with van der Waals surface area (Å²) in [6.45, 7) is 10.7. The number of hydrogen-bond acceptors (Lipinski definition) is 7. The monoisotopic (exact) mass is 574 g/mol. The Labute approximate surface area is 227 Å². The molecular formula is C25H30ClF3N4O4S. The molecule has 1 aromatic heterocycles. The molecular weight excluding hydrogens is 545 g/mol. The number of rotatable bonds is 1. The zero-order chi connectivity index (χ0) is 27.8. The largest absolute Gasteiger partial charge is 0.444 e. The van der Waals surface area contributed by atoms with Crippen LogP contribution >= 0.6 is 23.4 Å². The second kappa shape index (κ2) is 9.19. The minimum Gasteiger partial charge on any atom is -0.444 e. The van der Waals surface area contributed by atoms with Gasteiger partial charge in [0.15, 0.2) is 0 Å². The Balaban J connectivity index is 1.64. The molecule has 0 radical (unpaired) electrons. The second-order valence-electron chi connectivity index (χ2n) is 11.5. The summed E-state index contributed by atoms with van der Waals surface area (Å²) in [7, 11) is 0. The first-order chi connectivity index (χ1) is 17.6. The van der Waals surface area contributed by atoms with Gasteiger partial charge in [-0.05, 0) is 40.7 Å². The molecule has 5 rings (SSSR count). The van der Waals surface area contributed by atoms with E-state index in [1.807, 2.05) is 18.7 Å². The van der Waals surface area contributed by atoms with Crippen molar-refractivity contribution >= 4 is 46.2 Å². The van der Waals surface area contributed by atoms with Gasteiger partial charge < -0.3 is 19.3 Å². The summed E-state index contributed by atoms with van der Waals surface area (Å²) in [5, 5.41) is -0.195. The average Bonchev–Trinajstić information content (AvgIpc) is 2.96. The Kier molecular flexibility index (Phi) is 6.63. The molecule has 0 saturated carbocycles. The number of carbonyl (C=O) groups is 1. The van der Waals surface area contributed by atoms with Gasteiger partial charge in [0, 0.05) is 48.3 Å². The van der Waals surface area contributed by atoms with E-state index in [4.69, 9.17) is 21.1 Å². The lowest BCUT2D eigenvalue weighted by Gasteiger charge is -2.45. The van der Waals surface area contributed by atoms with Crippen LogP contribution in [0, 0.1) is 5.41 Å². The highest BCUT2D eigenvalue weighted by Gasteiger charge is 2.44. The predicted molar refractivity (Wildman–Crippen MR) is 139 cm³/mol. The standard InChI is InChI=1S/C25H30ClF3N4O4S/c1-13-8-32(22(35)37-23(3,4)5)14(2)7-31(13)20-15-6-16(25(27,28)29)17(26)19-18(15)33(21(34)30-20)9-24(12-38-19)10-36-11-24/h6,13-14H,7-12H2,1-5H3/t13-,14+/m1/s1. The minimum absolute atomic E-state index is 0.161. The number of piperazine rings is 1. The molecule has 1 spiro atoms. The Bertz CT molecular complexity index is 1360. The Morgan fingerprint density at radius 3 is 2.47 bits per heavy atom. The van der Waals surface area contributed by atoms with Crippen LogP contribution in [0.1, 0.15) is 40.2 Å². The number of anilines is 1. The summed E-state index contributed by atoms with van der Waals surface area (Å²) < 4.78 is 54.8. The third-order valence-electron chi connectivity index (χ3n) is 7.16. The molecule has 208 valence electrons. The van der Waals surface area contributed by atoms with E-state index >= 15 is 0 Å². The topological polar surface area (TPSA) is 76.9 Å². The zero-order valence-corrected chi connectivity index (χ0v) is 23.4. The first kappa shape index (κ1) is 27.4. The summed E-state index contributed by atoms with van der Waals surface area (Å²) in [6.07, 6.45) is -5.16. The molecule has 0 N–H and O–H groups in total. The van der Waals surface area contributed by atoms with Gasteiger partial charge in [-0.2, -0.15) is 18.2 Å². The molecule has 1 amide bonds. The molecule has 8 nitrogen and oxygen atoms in total. The Hall–Kier alpha value is -2.18. The number of thioether (sulfide) groups is 1. The van der Waals surface area contributed by atoms with Gasteiger partial charge in [0.1, 0.15) is 11.4 Å². The molecule has 3 aliphatic rings. The molecule has 1 aromatic carbocycles. The lowest BCUT2D eigenvalue weighted by molar-refractivity contribution is -0.137. The van der Waals surface area contributed by atoms with Crippen LogP contribution in [-0.2, 0) is 22.2 Å². The van der Waals surface area contributed by atoms with Crippen molar-refractivity contribution in [1.29, 1.82) is 0 Å². The maximum Gasteiger partial charge on any atom is 0.417 e. The molecule has 0 unspecified atom stereocenters. The van der Waals surface area contributed by atoms with Crippen molar-refractivity contribution in [3.63, 3.8) is 0 Å². The van der Waals surface area contributed by atoms with Crippen molar-refractivity contribution in [1.82, 2.24) is 14.5 Å². The quantitative estimate of drug-likeness (QED) is 0.473. The van der Waals surface area contributed by atoms with Crippen molar-refractivity contribution < 1.29 is 27.4 Å². The van der Waals surface area contributed by atoms with E-state index in [2.05, 4.69) is 4.98 Å². The first-order valence-corrected chi connectivity index (χ1v) is 13.8. The molecule has 0 aliphatic carbocycles. The van der Waals surface area contributed by atoms with E-state index in [9.17, 15) is 22.8 Å². The lowest BCUT2D eigenvalue weighted by atomic mass is 9.88. The molecule has 13 heteroatoms. The van der Waals surface area contributed by atoms with Crippen LogP contribution in [0.5, 0.6) is 0 Å². The van der Waals surface area contributed by atoms with Gasteiger partial charge >= 0.3 is 18.0 Å². The van der Waals surface area contributed by atoms with Gasteiger partial charge in [-0.25, -0.2) is 9.59 Å². The summed E-state index contributed by atoms with van der Waals surface area (Å²) in [5.41, 5.74) is -2.19. The van der Waals surface area contributed by atoms with Crippen molar-refractivity contribution in [2.75, 3.05) is 37.0 Å². The summed E-state index contributed by atoms with van der Waals surface area (Å²) in [6, 6.07) is 0.323. The van der Waals surface area contributed by atoms with Crippen LogP contribution in [0.2, 0.25) is 5.02 Å². The fourth-order valence-corrected chi connectivity index (χ4v) is 6.96. The van der Waals surface area contributed by atoms with Crippen LogP contribution < -0.4 is 10.6 Å². The van der Waals surface area contributed by atoms with Gasteiger partial charge in [-0.1, -0.05) is 11.6 Å². The van der Waals surface area contributed by atoms with E-state index in [1.54, 1.807) is 25.7 Å². The van der Waals surface area contributed by atoms with Crippen molar-refractivity contribution in [3.8, 4) is 0 Å². The van der Waals surface area contributed by atoms with E-state index in [0.717, 1.165) is 6.07 Å². The highest BCUT2D eigenvalue weighted by molar-refractivity contribution is 7.99. The van der Waals surface area contributed by atoms with E-state index in [1.165, 1.54) is 16.3 Å². The molecule has 2 atom stereocenters. The number of aromatic nitrogens is 2. The SMILES string of the molecule is C[C@@H]1CN(C(=O)OC(C)(C)C)[C@@H](C)CN1c1nc(=O)n2c3c(c(Cl)c(C(F)(F)F)cc13)SCC1(COC1)C2. The van der Waals surface area contributed by atoms with Crippen LogP contribution in [0.15, 0.2) is 15.8 Å². The number of carbonyl (C=O) groups excluding carboxylic acids is 1. The maximum absolute atomic E-state index is 14.1. The summed E-state index contributed by atoms with van der Waals surface area (Å²) >= 11 is 7.60. The van der Waals surface area contributed by atoms with Gasteiger partial charge in [0.25, 0.3) is 0 Å². The van der Waals surface area contributed by atoms with Crippen molar-refractivity contribution in [3.05, 3.63) is 27.1 Å². The lowest BCUT2D eigenvalue weighted by Crippen LogP contribution is -2.59. The van der Waals surface area contributed by atoms with Crippen LogP contribution in [0.25, 0.3) is 10.9 Å². The molecule has 3 aliphatic heterocycles. The molecule has 38 heavy (non-hydrogen) atoms. The van der Waals surface area contributed by atoms with Crippen LogP contribution in [-0.4, -0.2) is 70.3 Å². The van der Waals surface area contributed by atoms with Crippen molar-refractivity contribution in [2.24, 2.45) is 5.41 Å². The molecule has 2 saturated heterocycles. The number of halogens is 4. The third kappa shape index (κ3) is 4.72. The smallest absolute Gasteiger partial charge is 0.417 e. The maximum atomic E-state index is 14.1. The van der Waals surface area contributed by atoms with Gasteiger partial charge in [0.05, 0.1) is 34.2 Å². The Morgan fingerprint density at radius 1 is 1.21 bits per heavy atom. The van der Waals surface area contributed by atoms with E-state index in [0.29, 0.717) is 24.5 Å². The van der Waals surface area contributed by atoms with Crippen molar-refractivity contribution in [2.45, 2.75) is 69.9 Å². The number of amides is 1. The average molecular weight is 575 g/mol.